The fraction of sp³-hybridized carbons (Fsp3) is 1.00. The molecule has 0 aromatic heterocycles. The van der Waals surface area contributed by atoms with Gasteiger partial charge in [0.15, 0.2) is 0 Å². The fourth-order valence-electron chi connectivity index (χ4n) is 1.29. The van der Waals surface area contributed by atoms with Gasteiger partial charge in [-0.05, 0) is 19.3 Å². The second kappa shape index (κ2) is 4.75. The zero-order valence-electron chi connectivity index (χ0n) is 7.87. The highest BCUT2D eigenvalue weighted by Crippen LogP contribution is 2.30. The van der Waals surface area contributed by atoms with Gasteiger partial charge in [-0.3, -0.25) is 0 Å². The first-order valence-electron chi connectivity index (χ1n) is 4.67. The largest absolute Gasteiger partial charge is 0.224 e. The molecule has 1 aliphatic carbocycles. The summed E-state index contributed by atoms with van der Waals surface area (Å²) in [4.78, 5) is 0. The lowest BCUT2D eigenvalue weighted by Crippen LogP contribution is -2.34. The van der Waals surface area contributed by atoms with Gasteiger partial charge in [0.05, 0.1) is 0 Å². The van der Waals surface area contributed by atoms with E-state index in [0.717, 1.165) is 25.7 Å². The van der Waals surface area contributed by atoms with Gasteiger partial charge in [0, 0.05) is 12.6 Å². The molecule has 0 atom stereocenters. The normalized spacial score (nSPS) is 18.1. The van der Waals surface area contributed by atoms with Gasteiger partial charge in [-0.1, -0.05) is 29.3 Å². The van der Waals surface area contributed by atoms with E-state index in [4.69, 9.17) is 0 Å². The van der Waals surface area contributed by atoms with Crippen LogP contribution in [0.1, 0.15) is 32.6 Å². The Kier molecular flexibility index (Phi) is 4.19. The number of hydrogen-bond donors (Lipinski definition) is 0. The highest BCUT2D eigenvalue weighted by Gasteiger charge is 2.35. The second-order valence-electron chi connectivity index (χ2n) is 3.42. The third kappa shape index (κ3) is 3.22. The SMILES string of the molecule is CCCCN(C1CC1)S(=O)(=O)CBr. The molecule has 0 amide bonds. The second-order valence-corrected chi connectivity index (χ2v) is 6.64. The number of rotatable bonds is 6. The molecule has 0 heterocycles. The van der Waals surface area contributed by atoms with Crippen molar-refractivity contribution in [3.63, 3.8) is 0 Å². The van der Waals surface area contributed by atoms with Crippen LogP contribution in [0.4, 0.5) is 0 Å². The van der Waals surface area contributed by atoms with E-state index < -0.39 is 10.0 Å². The quantitative estimate of drug-likeness (QED) is 0.692. The first kappa shape index (κ1) is 11.5. The van der Waals surface area contributed by atoms with Crippen LogP contribution in [0.25, 0.3) is 0 Å². The lowest BCUT2D eigenvalue weighted by Gasteiger charge is -2.19. The standard InChI is InChI=1S/C8H16BrNO2S/c1-2-3-6-10(8-4-5-8)13(11,12)7-9/h8H,2-7H2,1H3. The lowest BCUT2D eigenvalue weighted by atomic mass is 10.3. The Balaban J connectivity index is 2.56. The predicted molar refractivity (Wildman–Crippen MR) is 57.3 cm³/mol. The third-order valence-corrected chi connectivity index (χ3v) is 5.39. The van der Waals surface area contributed by atoms with Crippen molar-refractivity contribution in [1.29, 1.82) is 0 Å². The first-order valence-corrected chi connectivity index (χ1v) is 7.40. The van der Waals surface area contributed by atoms with Crippen LogP contribution in [0.3, 0.4) is 0 Å². The van der Waals surface area contributed by atoms with Crippen molar-refractivity contribution in [3.05, 3.63) is 0 Å². The molecule has 78 valence electrons. The van der Waals surface area contributed by atoms with E-state index in [1.165, 1.54) is 0 Å². The summed E-state index contributed by atoms with van der Waals surface area (Å²) < 4.78 is 24.8. The summed E-state index contributed by atoms with van der Waals surface area (Å²) in [6.07, 6.45) is 4.08. The highest BCUT2D eigenvalue weighted by atomic mass is 79.9. The molecule has 0 aromatic rings. The molecule has 1 fully saturated rings. The molecule has 0 unspecified atom stereocenters. The van der Waals surface area contributed by atoms with E-state index in [0.29, 0.717) is 12.6 Å². The van der Waals surface area contributed by atoms with Crippen LogP contribution in [0.2, 0.25) is 0 Å². The molecule has 13 heavy (non-hydrogen) atoms. The van der Waals surface area contributed by atoms with Crippen molar-refractivity contribution >= 4 is 26.0 Å². The van der Waals surface area contributed by atoms with Gasteiger partial charge < -0.3 is 0 Å². The maximum atomic E-state index is 11.6. The monoisotopic (exact) mass is 269 g/mol. The van der Waals surface area contributed by atoms with E-state index in [1.807, 2.05) is 0 Å². The van der Waals surface area contributed by atoms with Crippen LogP contribution < -0.4 is 0 Å². The van der Waals surface area contributed by atoms with Crippen LogP contribution in [0, 0.1) is 0 Å². The van der Waals surface area contributed by atoms with Crippen molar-refractivity contribution in [2.75, 3.05) is 11.2 Å². The summed E-state index contributed by atoms with van der Waals surface area (Å²) in [5, 5.41) is 0. The predicted octanol–water partition coefficient (Wildman–Crippen LogP) is 1.93. The van der Waals surface area contributed by atoms with Gasteiger partial charge in [-0.15, -0.1) is 0 Å². The summed E-state index contributed by atoms with van der Waals surface area (Å²) in [7, 11) is -3.02. The van der Waals surface area contributed by atoms with Gasteiger partial charge in [-0.2, -0.15) is 4.31 Å². The Morgan fingerprint density at radius 3 is 2.46 bits per heavy atom. The molecular formula is C8H16BrNO2S. The van der Waals surface area contributed by atoms with Crippen molar-refractivity contribution in [2.45, 2.75) is 38.6 Å². The number of alkyl halides is 1. The van der Waals surface area contributed by atoms with E-state index in [2.05, 4.69) is 22.9 Å². The molecule has 0 saturated heterocycles. The molecule has 0 spiro atoms. The maximum Gasteiger partial charge on any atom is 0.224 e. The minimum Gasteiger partial charge on any atom is -0.211 e. The summed E-state index contributed by atoms with van der Waals surface area (Å²) in [6.45, 7) is 2.76. The van der Waals surface area contributed by atoms with Crippen LogP contribution in [-0.4, -0.2) is 30.0 Å². The molecule has 1 rings (SSSR count). The van der Waals surface area contributed by atoms with Gasteiger partial charge in [0.25, 0.3) is 0 Å². The Bertz CT molecular complexity index is 249. The summed E-state index contributed by atoms with van der Waals surface area (Å²) in [6, 6.07) is 0.300. The van der Waals surface area contributed by atoms with E-state index in [-0.39, 0.29) is 4.66 Å². The first-order chi connectivity index (χ1) is 6.11. The van der Waals surface area contributed by atoms with Gasteiger partial charge >= 0.3 is 0 Å². The van der Waals surface area contributed by atoms with Crippen molar-refractivity contribution < 1.29 is 8.42 Å². The average Bonchev–Trinajstić information content (AvgIpc) is 2.89. The van der Waals surface area contributed by atoms with Crippen molar-refractivity contribution in [3.8, 4) is 0 Å². The highest BCUT2D eigenvalue weighted by molar-refractivity contribution is 9.10. The van der Waals surface area contributed by atoms with E-state index in [9.17, 15) is 8.42 Å². The molecule has 0 N–H and O–H groups in total. The minimum absolute atomic E-state index is 0.0558. The fourth-order valence-corrected chi connectivity index (χ4v) is 3.27. The number of sulfonamides is 1. The lowest BCUT2D eigenvalue weighted by molar-refractivity contribution is 0.399. The zero-order valence-corrected chi connectivity index (χ0v) is 10.3. The van der Waals surface area contributed by atoms with Crippen molar-refractivity contribution in [1.82, 2.24) is 4.31 Å². The number of hydrogen-bond acceptors (Lipinski definition) is 2. The topological polar surface area (TPSA) is 37.4 Å². The van der Waals surface area contributed by atoms with Crippen LogP contribution in [-0.2, 0) is 10.0 Å². The third-order valence-electron chi connectivity index (χ3n) is 2.18. The zero-order chi connectivity index (χ0) is 9.90. The van der Waals surface area contributed by atoms with E-state index in [1.54, 1.807) is 4.31 Å². The smallest absolute Gasteiger partial charge is 0.211 e. The van der Waals surface area contributed by atoms with Crippen LogP contribution in [0.5, 0.6) is 0 Å². The van der Waals surface area contributed by atoms with Crippen LogP contribution >= 0.6 is 15.9 Å². The Hall–Kier alpha value is 0.390. The number of unbranched alkanes of at least 4 members (excludes halogenated alkanes) is 1. The number of halogens is 1. The molecule has 0 aromatic carbocycles. The molecule has 3 nitrogen and oxygen atoms in total. The maximum absolute atomic E-state index is 11.6. The summed E-state index contributed by atoms with van der Waals surface area (Å²) >= 11 is 3.03. The summed E-state index contributed by atoms with van der Waals surface area (Å²) in [5.74, 6) is 0. The molecule has 5 heteroatoms. The Morgan fingerprint density at radius 2 is 2.08 bits per heavy atom. The van der Waals surface area contributed by atoms with Crippen molar-refractivity contribution in [2.24, 2.45) is 0 Å². The van der Waals surface area contributed by atoms with Gasteiger partial charge in [-0.25, -0.2) is 8.42 Å². The molecule has 1 saturated carbocycles. The average molecular weight is 270 g/mol. The van der Waals surface area contributed by atoms with Gasteiger partial charge in [0.1, 0.15) is 4.66 Å². The molecule has 0 radical (unpaired) electrons. The number of nitrogens with zero attached hydrogens (tertiary/aromatic N) is 1. The molecule has 0 bridgehead atoms. The Labute approximate surface area is 88.7 Å². The minimum atomic E-state index is -3.02. The van der Waals surface area contributed by atoms with E-state index >= 15 is 0 Å². The molecule has 0 aliphatic heterocycles. The molecule has 1 aliphatic rings. The Morgan fingerprint density at radius 1 is 1.46 bits per heavy atom. The molecular weight excluding hydrogens is 254 g/mol. The van der Waals surface area contributed by atoms with Gasteiger partial charge in [0.2, 0.25) is 10.0 Å². The van der Waals surface area contributed by atoms with Crippen LogP contribution in [0.15, 0.2) is 0 Å². The summed E-state index contributed by atoms with van der Waals surface area (Å²) in [5.41, 5.74) is 0.